The molecule has 17 heavy (non-hydrogen) atoms. The number of hydrogen-bond donors (Lipinski definition) is 2. The van der Waals surface area contributed by atoms with E-state index in [9.17, 15) is 4.79 Å². The lowest BCUT2D eigenvalue weighted by Crippen LogP contribution is -2.16. The van der Waals surface area contributed by atoms with Gasteiger partial charge in [0.15, 0.2) is 0 Å². The fourth-order valence-electron chi connectivity index (χ4n) is 2.47. The Labute approximate surface area is 98.6 Å². The number of nitrogens with two attached hydrogens (primary N) is 1. The van der Waals surface area contributed by atoms with E-state index in [4.69, 9.17) is 5.73 Å². The van der Waals surface area contributed by atoms with Gasteiger partial charge in [-0.3, -0.25) is 4.79 Å². The summed E-state index contributed by atoms with van der Waals surface area (Å²) in [6.07, 6.45) is 0.524. The molecule has 2 heterocycles. The van der Waals surface area contributed by atoms with Crippen molar-refractivity contribution in [2.45, 2.75) is 19.4 Å². The van der Waals surface area contributed by atoms with Crippen molar-refractivity contribution < 1.29 is 4.79 Å². The molecule has 1 aromatic heterocycles. The molecular formula is C12H14N4O. The maximum Gasteiger partial charge on any atom is 0.222 e. The molecule has 1 fully saturated rings. The van der Waals surface area contributed by atoms with Crippen molar-refractivity contribution in [3.63, 3.8) is 0 Å². The summed E-state index contributed by atoms with van der Waals surface area (Å²) in [7, 11) is 0. The van der Waals surface area contributed by atoms with Crippen LogP contribution in [0.25, 0.3) is 11.0 Å². The van der Waals surface area contributed by atoms with Crippen molar-refractivity contribution in [3.05, 3.63) is 24.0 Å². The number of aryl methyl sites for hydroxylation is 1. The molecule has 3 rings (SSSR count). The number of hydrogen-bond acceptors (Lipinski definition) is 3. The Hall–Kier alpha value is -2.04. The first-order valence-electron chi connectivity index (χ1n) is 5.66. The number of imidazole rings is 1. The van der Waals surface area contributed by atoms with Gasteiger partial charge in [-0.1, -0.05) is 0 Å². The molecule has 1 amide bonds. The molecule has 2 aromatic rings. The fourth-order valence-corrected chi connectivity index (χ4v) is 2.47. The number of amides is 1. The maximum absolute atomic E-state index is 11.3. The molecule has 5 heteroatoms. The van der Waals surface area contributed by atoms with Gasteiger partial charge in [0.1, 0.15) is 5.82 Å². The zero-order valence-electron chi connectivity index (χ0n) is 9.60. The van der Waals surface area contributed by atoms with E-state index >= 15 is 0 Å². The summed E-state index contributed by atoms with van der Waals surface area (Å²) in [6.45, 7) is 2.63. The number of anilines is 1. The minimum Gasteiger partial charge on any atom is -0.399 e. The van der Waals surface area contributed by atoms with Crippen LogP contribution in [0, 0.1) is 6.92 Å². The number of aromatic nitrogens is 2. The minimum absolute atomic E-state index is 0.103. The van der Waals surface area contributed by atoms with Crippen molar-refractivity contribution in [2.75, 3.05) is 12.3 Å². The largest absolute Gasteiger partial charge is 0.399 e. The highest BCUT2D eigenvalue weighted by molar-refractivity contribution is 5.82. The van der Waals surface area contributed by atoms with E-state index in [1.54, 1.807) is 0 Å². The molecule has 5 nitrogen and oxygen atoms in total. The molecule has 1 aromatic carbocycles. The molecule has 0 radical (unpaired) electrons. The Morgan fingerprint density at radius 3 is 3.06 bits per heavy atom. The lowest BCUT2D eigenvalue weighted by Gasteiger charge is -2.12. The number of fused-ring (bicyclic) bond motifs is 1. The van der Waals surface area contributed by atoms with E-state index in [1.807, 2.05) is 25.1 Å². The summed E-state index contributed by atoms with van der Waals surface area (Å²) >= 11 is 0. The summed E-state index contributed by atoms with van der Waals surface area (Å²) in [5, 5.41) is 2.85. The highest BCUT2D eigenvalue weighted by Gasteiger charge is 2.25. The standard InChI is InChI=1S/C12H14N4O/c1-7-15-10-4-8(13)2-3-11(10)16(7)9-5-12(17)14-6-9/h2-4,9H,5-6,13H2,1H3,(H,14,17). The Balaban J connectivity index is 2.15. The quantitative estimate of drug-likeness (QED) is 0.717. The lowest BCUT2D eigenvalue weighted by atomic mass is 10.2. The average molecular weight is 230 g/mol. The van der Waals surface area contributed by atoms with Gasteiger partial charge in [-0.25, -0.2) is 4.98 Å². The van der Waals surface area contributed by atoms with Gasteiger partial charge < -0.3 is 15.6 Å². The molecule has 0 saturated carbocycles. The fraction of sp³-hybridized carbons (Fsp3) is 0.333. The number of rotatable bonds is 1. The highest BCUT2D eigenvalue weighted by Crippen LogP contribution is 2.26. The summed E-state index contributed by atoms with van der Waals surface area (Å²) in [4.78, 5) is 15.8. The molecule has 1 aliphatic rings. The number of nitrogen functional groups attached to an aromatic ring is 1. The molecule has 0 bridgehead atoms. The predicted octanol–water partition coefficient (Wildman–Crippen LogP) is 0.988. The van der Waals surface area contributed by atoms with E-state index < -0.39 is 0 Å². The third-order valence-electron chi connectivity index (χ3n) is 3.21. The van der Waals surface area contributed by atoms with Crippen LogP contribution in [0.15, 0.2) is 18.2 Å². The van der Waals surface area contributed by atoms with Gasteiger partial charge in [-0.2, -0.15) is 0 Å². The van der Waals surface area contributed by atoms with Crippen LogP contribution >= 0.6 is 0 Å². The molecular weight excluding hydrogens is 216 g/mol. The van der Waals surface area contributed by atoms with E-state index in [2.05, 4.69) is 14.9 Å². The molecule has 88 valence electrons. The van der Waals surface area contributed by atoms with Crippen LogP contribution in [0.2, 0.25) is 0 Å². The van der Waals surface area contributed by atoms with Crippen molar-refractivity contribution in [3.8, 4) is 0 Å². The second-order valence-electron chi connectivity index (χ2n) is 4.44. The Kier molecular flexibility index (Phi) is 2.07. The molecule has 1 atom stereocenters. The third kappa shape index (κ3) is 1.54. The van der Waals surface area contributed by atoms with Crippen LogP contribution in [-0.2, 0) is 4.79 Å². The first-order valence-corrected chi connectivity index (χ1v) is 5.66. The monoisotopic (exact) mass is 230 g/mol. The van der Waals surface area contributed by atoms with Gasteiger partial charge in [0, 0.05) is 18.7 Å². The Morgan fingerprint density at radius 2 is 2.35 bits per heavy atom. The number of nitrogens with one attached hydrogen (secondary N) is 1. The van der Waals surface area contributed by atoms with Gasteiger partial charge >= 0.3 is 0 Å². The summed E-state index contributed by atoms with van der Waals surface area (Å²) < 4.78 is 2.12. The smallest absolute Gasteiger partial charge is 0.222 e. The van der Waals surface area contributed by atoms with Gasteiger partial charge in [-0.15, -0.1) is 0 Å². The van der Waals surface area contributed by atoms with Gasteiger partial charge in [0.25, 0.3) is 0 Å². The van der Waals surface area contributed by atoms with E-state index in [0.717, 1.165) is 16.9 Å². The first-order chi connectivity index (χ1) is 8.15. The molecule has 0 aliphatic carbocycles. The third-order valence-corrected chi connectivity index (χ3v) is 3.21. The van der Waals surface area contributed by atoms with Crippen LogP contribution in [0.3, 0.4) is 0 Å². The van der Waals surface area contributed by atoms with Crippen molar-refractivity contribution >= 4 is 22.6 Å². The molecule has 0 spiro atoms. The maximum atomic E-state index is 11.3. The summed E-state index contributed by atoms with van der Waals surface area (Å²) in [5.41, 5.74) is 8.38. The SMILES string of the molecule is Cc1nc2cc(N)ccc2n1C1CNC(=O)C1. The van der Waals surface area contributed by atoms with E-state index in [1.165, 1.54) is 0 Å². The number of carbonyl (C=O) groups is 1. The van der Waals surface area contributed by atoms with Crippen molar-refractivity contribution in [2.24, 2.45) is 0 Å². The van der Waals surface area contributed by atoms with Crippen LogP contribution in [0.4, 0.5) is 5.69 Å². The molecule has 1 unspecified atom stereocenters. The first kappa shape index (κ1) is 10.1. The van der Waals surface area contributed by atoms with Crippen LogP contribution in [-0.4, -0.2) is 22.0 Å². The molecule has 1 saturated heterocycles. The zero-order chi connectivity index (χ0) is 12.0. The predicted molar refractivity (Wildman–Crippen MR) is 65.5 cm³/mol. The number of nitrogens with zero attached hydrogens (tertiary/aromatic N) is 2. The van der Waals surface area contributed by atoms with Crippen LogP contribution in [0.5, 0.6) is 0 Å². The lowest BCUT2D eigenvalue weighted by molar-refractivity contribution is -0.119. The van der Waals surface area contributed by atoms with E-state index in [0.29, 0.717) is 18.7 Å². The number of carbonyl (C=O) groups excluding carboxylic acids is 1. The van der Waals surface area contributed by atoms with Crippen LogP contribution < -0.4 is 11.1 Å². The highest BCUT2D eigenvalue weighted by atomic mass is 16.1. The van der Waals surface area contributed by atoms with Crippen molar-refractivity contribution in [1.29, 1.82) is 0 Å². The van der Waals surface area contributed by atoms with E-state index in [-0.39, 0.29) is 11.9 Å². The van der Waals surface area contributed by atoms with Gasteiger partial charge in [0.05, 0.1) is 17.1 Å². The molecule has 3 N–H and O–H groups in total. The Morgan fingerprint density at radius 1 is 1.53 bits per heavy atom. The minimum atomic E-state index is 0.103. The normalized spacial score (nSPS) is 19.8. The number of benzene rings is 1. The molecule has 1 aliphatic heterocycles. The summed E-state index contributed by atoms with van der Waals surface area (Å²) in [6, 6.07) is 5.86. The Bertz CT molecular complexity index is 602. The van der Waals surface area contributed by atoms with Gasteiger partial charge in [0.2, 0.25) is 5.91 Å². The second-order valence-corrected chi connectivity index (χ2v) is 4.44. The second kappa shape index (κ2) is 3.48. The topological polar surface area (TPSA) is 72.9 Å². The van der Waals surface area contributed by atoms with Gasteiger partial charge in [-0.05, 0) is 25.1 Å². The average Bonchev–Trinajstić information content (AvgIpc) is 2.80. The van der Waals surface area contributed by atoms with Crippen molar-refractivity contribution in [1.82, 2.24) is 14.9 Å². The van der Waals surface area contributed by atoms with Crippen LogP contribution in [0.1, 0.15) is 18.3 Å². The summed E-state index contributed by atoms with van der Waals surface area (Å²) in [5.74, 6) is 1.03. The zero-order valence-corrected chi connectivity index (χ0v) is 9.60.